The molecule has 6 nitrogen and oxygen atoms in total. The number of carbonyl (C=O) groups is 2. The zero-order valence-electron chi connectivity index (χ0n) is 19.4. The summed E-state index contributed by atoms with van der Waals surface area (Å²) in [5, 5.41) is 3.65. The van der Waals surface area contributed by atoms with E-state index in [0.29, 0.717) is 17.1 Å². The first kappa shape index (κ1) is 23.9. The number of esters is 1. The predicted octanol–water partition coefficient (Wildman–Crippen LogP) is 4.09. The number of amides is 1. The van der Waals surface area contributed by atoms with Gasteiger partial charge in [-0.05, 0) is 62.8 Å². The summed E-state index contributed by atoms with van der Waals surface area (Å²) in [5.74, 6) is -0.657. The van der Waals surface area contributed by atoms with Gasteiger partial charge in [-0.3, -0.25) is 14.6 Å². The number of hydrogen-bond donors (Lipinski definition) is 1. The number of nitrogens with zero attached hydrogens (tertiary/aromatic N) is 2. The maximum Gasteiger partial charge on any atom is 0.341 e. The minimum absolute atomic E-state index is 0.0980. The highest BCUT2D eigenvalue weighted by Gasteiger charge is 2.28. The number of halogens is 1. The fourth-order valence-electron chi connectivity index (χ4n) is 4.47. The third-order valence-corrected chi connectivity index (χ3v) is 7.33. The van der Waals surface area contributed by atoms with Crippen LogP contribution in [0.1, 0.15) is 53.1 Å². The molecule has 1 saturated heterocycles. The monoisotopic (exact) mass is 473 g/mol. The highest BCUT2D eigenvalue weighted by Crippen LogP contribution is 2.38. The van der Waals surface area contributed by atoms with Crippen LogP contribution >= 0.6 is 11.3 Å². The Labute approximate surface area is 198 Å². The lowest BCUT2D eigenvalue weighted by atomic mass is 9.95. The van der Waals surface area contributed by atoms with E-state index in [-0.39, 0.29) is 23.8 Å². The zero-order valence-corrected chi connectivity index (χ0v) is 20.2. The normalized spacial score (nSPS) is 17.1. The molecule has 4 rings (SSSR count). The molecule has 1 aliphatic heterocycles. The van der Waals surface area contributed by atoms with Gasteiger partial charge in [-0.2, -0.15) is 0 Å². The van der Waals surface area contributed by atoms with E-state index in [9.17, 15) is 14.0 Å². The SMILES string of the molecule is CC(C)OC(=O)c1c(NC(=O)CN2CCN(Cc3ccc(F)cc3)CC2)sc2c1CCCC2. The maximum atomic E-state index is 13.1. The molecule has 2 aliphatic rings. The molecular formula is C25H32FN3O3S. The van der Waals surface area contributed by atoms with E-state index < -0.39 is 0 Å². The van der Waals surface area contributed by atoms with Gasteiger partial charge in [0.15, 0.2) is 0 Å². The minimum atomic E-state index is -0.339. The van der Waals surface area contributed by atoms with Crippen molar-refractivity contribution in [2.24, 2.45) is 0 Å². The van der Waals surface area contributed by atoms with Gasteiger partial charge in [-0.1, -0.05) is 12.1 Å². The number of hydrogen-bond acceptors (Lipinski definition) is 6. The van der Waals surface area contributed by atoms with Crippen LogP contribution in [0.25, 0.3) is 0 Å². The van der Waals surface area contributed by atoms with Gasteiger partial charge in [0.25, 0.3) is 0 Å². The Morgan fingerprint density at radius 2 is 1.73 bits per heavy atom. The van der Waals surface area contributed by atoms with Crippen LogP contribution in [0.4, 0.5) is 9.39 Å². The fourth-order valence-corrected chi connectivity index (χ4v) is 5.76. The van der Waals surface area contributed by atoms with Gasteiger partial charge in [0, 0.05) is 37.6 Å². The number of rotatable bonds is 7. The van der Waals surface area contributed by atoms with E-state index in [1.165, 1.54) is 28.3 Å². The third-order valence-electron chi connectivity index (χ3n) is 6.12. The van der Waals surface area contributed by atoms with E-state index in [4.69, 9.17) is 4.74 Å². The van der Waals surface area contributed by atoms with Gasteiger partial charge in [-0.25, -0.2) is 9.18 Å². The van der Waals surface area contributed by atoms with E-state index in [1.54, 1.807) is 0 Å². The van der Waals surface area contributed by atoms with Gasteiger partial charge in [0.05, 0.1) is 18.2 Å². The smallest absolute Gasteiger partial charge is 0.341 e. The Bertz CT molecular complexity index is 982. The highest BCUT2D eigenvalue weighted by atomic mass is 32.1. The standard InChI is InChI=1S/C25H32FN3O3S/c1-17(2)32-25(31)23-20-5-3-4-6-21(20)33-24(23)27-22(30)16-29-13-11-28(12-14-29)15-18-7-9-19(26)10-8-18/h7-10,17H,3-6,11-16H2,1-2H3,(H,27,30). The molecule has 2 heterocycles. The number of benzene rings is 1. The molecule has 0 atom stereocenters. The van der Waals surface area contributed by atoms with Crippen LogP contribution in [0.2, 0.25) is 0 Å². The number of piperazine rings is 1. The highest BCUT2D eigenvalue weighted by molar-refractivity contribution is 7.17. The van der Waals surface area contributed by atoms with Gasteiger partial charge >= 0.3 is 5.97 Å². The summed E-state index contributed by atoms with van der Waals surface area (Å²) in [6, 6.07) is 6.61. The number of anilines is 1. The quantitative estimate of drug-likeness (QED) is 0.614. The number of aryl methyl sites for hydroxylation is 1. The number of carbonyl (C=O) groups excluding carboxylic acids is 2. The van der Waals surface area contributed by atoms with E-state index >= 15 is 0 Å². The lowest BCUT2D eigenvalue weighted by Gasteiger charge is -2.34. The van der Waals surface area contributed by atoms with Gasteiger partial charge in [0.2, 0.25) is 5.91 Å². The molecule has 8 heteroatoms. The summed E-state index contributed by atoms with van der Waals surface area (Å²) in [5.41, 5.74) is 2.70. The Morgan fingerprint density at radius 3 is 2.42 bits per heavy atom. The molecule has 0 radical (unpaired) electrons. The minimum Gasteiger partial charge on any atom is -0.459 e. The molecule has 0 saturated carbocycles. The topological polar surface area (TPSA) is 61.9 Å². The van der Waals surface area contributed by atoms with Crippen molar-refractivity contribution in [3.63, 3.8) is 0 Å². The predicted molar refractivity (Wildman–Crippen MR) is 128 cm³/mol. The summed E-state index contributed by atoms with van der Waals surface area (Å²) >= 11 is 1.52. The van der Waals surface area contributed by atoms with Crippen molar-refractivity contribution in [3.8, 4) is 0 Å². The Balaban J connectivity index is 1.33. The zero-order chi connectivity index (χ0) is 23.4. The summed E-state index contributed by atoms with van der Waals surface area (Å²) < 4.78 is 18.6. The second kappa shape index (κ2) is 10.8. The maximum absolute atomic E-state index is 13.1. The van der Waals surface area contributed by atoms with Gasteiger partial charge in [0.1, 0.15) is 10.8 Å². The van der Waals surface area contributed by atoms with Crippen LogP contribution in [0.3, 0.4) is 0 Å². The lowest BCUT2D eigenvalue weighted by Crippen LogP contribution is -2.48. The van der Waals surface area contributed by atoms with Gasteiger partial charge in [-0.15, -0.1) is 11.3 Å². The number of ether oxygens (including phenoxy) is 1. The van der Waals surface area contributed by atoms with E-state index in [1.807, 2.05) is 26.0 Å². The molecule has 1 aromatic heterocycles. The average Bonchev–Trinajstić information content (AvgIpc) is 3.14. The number of thiophene rings is 1. The largest absolute Gasteiger partial charge is 0.459 e. The first-order valence-electron chi connectivity index (χ1n) is 11.7. The molecule has 1 amide bonds. The van der Waals surface area contributed by atoms with Crippen molar-refractivity contribution in [3.05, 3.63) is 51.7 Å². The molecule has 0 spiro atoms. The molecule has 0 unspecified atom stereocenters. The van der Waals surface area contributed by atoms with Crippen LogP contribution in [0.15, 0.2) is 24.3 Å². The summed E-state index contributed by atoms with van der Waals surface area (Å²) in [4.78, 5) is 31.3. The number of fused-ring (bicyclic) bond motifs is 1. The second-order valence-corrected chi connectivity index (χ2v) is 10.2. The second-order valence-electron chi connectivity index (χ2n) is 9.10. The van der Waals surface area contributed by atoms with Crippen LogP contribution in [0.5, 0.6) is 0 Å². The summed E-state index contributed by atoms with van der Waals surface area (Å²) in [6.07, 6.45) is 3.78. The molecular weight excluding hydrogens is 441 g/mol. The van der Waals surface area contributed by atoms with Crippen molar-refractivity contribution in [2.75, 3.05) is 38.0 Å². The number of nitrogens with one attached hydrogen (secondary N) is 1. The van der Waals surface area contributed by atoms with Gasteiger partial charge < -0.3 is 10.1 Å². The molecule has 1 aliphatic carbocycles. The lowest BCUT2D eigenvalue weighted by molar-refractivity contribution is -0.117. The van der Waals surface area contributed by atoms with Crippen molar-refractivity contribution in [2.45, 2.75) is 52.2 Å². The van der Waals surface area contributed by atoms with Crippen LogP contribution in [0, 0.1) is 5.82 Å². The summed E-state index contributed by atoms with van der Waals surface area (Å²) in [7, 11) is 0. The van der Waals surface area contributed by atoms with Crippen LogP contribution in [-0.2, 0) is 28.9 Å². The first-order valence-corrected chi connectivity index (χ1v) is 12.5. The molecule has 1 N–H and O–H groups in total. The Kier molecular flexibility index (Phi) is 7.78. The molecule has 1 fully saturated rings. The van der Waals surface area contributed by atoms with Crippen LogP contribution in [-0.4, -0.2) is 60.5 Å². The summed E-state index contributed by atoms with van der Waals surface area (Å²) in [6.45, 7) is 8.03. The Hall–Kier alpha value is -2.29. The Morgan fingerprint density at radius 1 is 1.06 bits per heavy atom. The average molecular weight is 474 g/mol. The third kappa shape index (κ3) is 6.19. The van der Waals surface area contributed by atoms with E-state index in [2.05, 4.69) is 15.1 Å². The first-order chi connectivity index (χ1) is 15.9. The molecule has 1 aromatic carbocycles. The van der Waals surface area contributed by atoms with Crippen molar-refractivity contribution in [1.82, 2.24) is 9.80 Å². The molecule has 2 aromatic rings. The molecule has 178 valence electrons. The van der Waals surface area contributed by atoms with Crippen molar-refractivity contribution >= 4 is 28.2 Å². The van der Waals surface area contributed by atoms with E-state index in [0.717, 1.165) is 69.5 Å². The molecule has 0 bridgehead atoms. The van der Waals surface area contributed by atoms with Crippen LogP contribution < -0.4 is 5.32 Å². The fraction of sp³-hybridized carbons (Fsp3) is 0.520. The van der Waals surface area contributed by atoms with Crippen molar-refractivity contribution < 1.29 is 18.7 Å². The molecule has 33 heavy (non-hydrogen) atoms. The van der Waals surface area contributed by atoms with Crippen molar-refractivity contribution in [1.29, 1.82) is 0 Å².